The van der Waals surface area contributed by atoms with Crippen LogP contribution in [0.15, 0.2) is 0 Å². The first-order valence-electron chi connectivity index (χ1n) is 8.21. The van der Waals surface area contributed by atoms with Crippen LogP contribution < -0.4 is 0 Å². The van der Waals surface area contributed by atoms with Gasteiger partial charge in [-0.3, -0.25) is 14.5 Å². The van der Waals surface area contributed by atoms with Crippen LogP contribution in [0.2, 0.25) is 0 Å². The molecular weight excluding hydrogens is 327 g/mol. The molecule has 0 atom stereocenters. The first-order chi connectivity index (χ1) is 11.3. The second-order valence-electron chi connectivity index (χ2n) is 5.66. The van der Waals surface area contributed by atoms with Crippen molar-refractivity contribution in [2.24, 2.45) is 0 Å². The summed E-state index contributed by atoms with van der Waals surface area (Å²) in [7, 11) is 2.63. The molecule has 8 heteroatoms. The number of unbranched alkanes of at least 4 members (excludes halogenated alkanes) is 4. The standard InChI is InChI=1S/C16H28F3NO4/c1-23-14(21)9-5-3-7-11-20(13-16(17,18)19)12-8-4-6-10-15(22)24-2/h3-13H2,1-2H3. The van der Waals surface area contributed by atoms with Crippen molar-refractivity contribution in [2.45, 2.75) is 57.5 Å². The van der Waals surface area contributed by atoms with E-state index in [-0.39, 0.29) is 11.9 Å². The molecule has 142 valence electrons. The molecule has 0 aliphatic heterocycles. The molecule has 0 spiro atoms. The van der Waals surface area contributed by atoms with Crippen molar-refractivity contribution in [3.8, 4) is 0 Å². The third-order valence-corrected chi connectivity index (χ3v) is 3.57. The Bertz CT molecular complexity index is 336. The molecule has 0 aromatic heterocycles. The zero-order valence-electron chi connectivity index (χ0n) is 14.5. The van der Waals surface area contributed by atoms with Gasteiger partial charge in [0.2, 0.25) is 0 Å². The molecule has 0 unspecified atom stereocenters. The van der Waals surface area contributed by atoms with Crippen LogP contribution in [0.3, 0.4) is 0 Å². The highest BCUT2D eigenvalue weighted by Crippen LogP contribution is 2.18. The van der Waals surface area contributed by atoms with E-state index < -0.39 is 12.7 Å². The monoisotopic (exact) mass is 355 g/mol. The lowest BCUT2D eigenvalue weighted by Crippen LogP contribution is -2.35. The summed E-state index contributed by atoms with van der Waals surface area (Å²) >= 11 is 0. The molecule has 0 bridgehead atoms. The third-order valence-electron chi connectivity index (χ3n) is 3.57. The van der Waals surface area contributed by atoms with Gasteiger partial charge in [0.05, 0.1) is 20.8 Å². The van der Waals surface area contributed by atoms with Gasteiger partial charge in [0.25, 0.3) is 0 Å². The number of alkyl halides is 3. The zero-order valence-corrected chi connectivity index (χ0v) is 14.5. The van der Waals surface area contributed by atoms with Gasteiger partial charge in [-0.1, -0.05) is 12.8 Å². The lowest BCUT2D eigenvalue weighted by molar-refractivity contribution is -0.146. The zero-order chi connectivity index (χ0) is 18.4. The molecule has 0 saturated heterocycles. The SMILES string of the molecule is COC(=O)CCCCCN(CCCCCC(=O)OC)CC(F)(F)F. The van der Waals surface area contributed by atoms with Gasteiger partial charge in [-0.25, -0.2) is 0 Å². The van der Waals surface area contributed by atoms with Crippen LogP contribution in [0, 0.1) is 0 Å². The lowest BCUT2D eigenvalue weighted by Gasteiger charge is -2.23. The first-order valence-corrected chi connectivity index (χ1v) is 8.21. The van der Waals surface area contributed by atoms with E-state index in [0.29, 0.717) is 64.5 Å². The van der Waals surface area contributed by atoms with Crippen LogP contribution in [-0.4, -0.2) is 56.9 Å². The van der Waals surface area contributed by atoms with E-state index in [4.69, 9.17) is 0 Å². The summed E-state index contributed by atoms with van der Waals surface area (Å²) in [5.41, 5.74) is 0. The molecule has 0 rings (SSSR count). The van der Waals surface area contributed by atoms with Crippen molar-refractivity contribution >= 4 is 11.9 Å². The number of carbonyl (C=O) groups is 2. The highest BCUT2D eigenvalue weighted by molar-refractivity contribution is 5.69. The highest BCUT2D eigenvalue weighted by atomic mass is 19.4. The molecule has 0 N–H and O–H groups in total. The second-order valence-corrected chi connectivity index (χ2v) is 5.66. The van der Waals surface area contributed by atoms with E-state index in [0.717, 1.165) is 0 Å². The lowest BCUT2D eigenvalue weighted by atomic mass is 10.1. The molecular formula is C16H28F3NO4. The van der Waals surface area contributed by atoms with Gasteiger partial charge in [0, 0.05) is 12.8 Å². The maximum Gasteiger partial charge on any atom is 0.401 e. The summed E-state index contributed by atoms with van der Waals surface area (Å²) in [6.07, 6.45) is 0.185. The summed E-state index contributed by atoms with van der Waals surface area (Å²) in [6.45, 7) is -0.240. The van der Waals surface area contributed by atoms with Crippen LogP contribution in [0.25, 0.3) is 0 Å². The average molecular weight is 355 g/mol. The van der Waals surface area contributed by atoms with Crippen molar-refractivity contribution in [3.63, 3.8) is 0 Å². The number of hydrogen-bond acceptors (Lipinski definition) is 5. The molecule has 24 heavy (non-hydrogen) atoms. The van der Waals surface area contributed by atoms with E-state index in [9.17, 15) is 22.8 Å². The Balaban J connectivity index is 3.97. The molecule has 0 radical (unpaired) electrons. The highest BCUT2D eigenvalue weighted by Gasteiger charge is 2.30. The minimum atomic E-state index is -4.22. The van der Waals surface area contributed by atoms with Crippen molar-refractivity contribution in [1.29, 1.82) is 0 Å². The number of nitrogens with zero attached hydrogens (tertiary/aromatic N) is 1. The molecule has 0 heterocycles. The van der Waals surface area contributed by atoms with Crippen molar-refractivity contribution in [2.75, 3.05) is 33.9 Å². The van der Waals surface area contributed by atoms with Gasteiger partial charge < -0.3 is 9.47 Å². The Kier molecular flexibility index (Phi) is 12.3. The normalized spacial score (nSPS) is 11.6. The average Bonchev–Trinajstić information content (AvgIpc) is 2.51. The van der Waals surface area contributed by atoms with Gasteiger partial charge in [-0.05, 0) is 38.8 Å². The van der Waals surface area contributed by atoms with Gasteiger partial charge in [-0.2, -0.15) is 13.2 Å². The number of methoxy groups -OCH3 is 2. The Morgan fingerprint density at radius 2 is 1.21 bits per heavy atom. The summed E-state index contributed by atoms with van der Waals surface area (Å²) in [5.74, 6) is -0.597. The number of rotatable bonds is 13. The number of ether oxygens (including phenoxy) is 2. The fourth-order valence-corrected chi connectivity index (χ4v) is 2.29. The van der Waals surface area contributed by atoms with E-state index in [1.54, 1.807) is 0 Å². The minimum absolute atomic E-state index is 0.295. The van der Waals surface area contributed by atoms with Crippen LogP contribution in [-0.2, 0) is 19.1 Å². The number of carbonyl (C=O) groups excluding carboxylic acids is 2. The fourth-order valence-electron chi connectivity index (χ4n) is 2.29. The van der Waals surface area contributed by atoms with Crippen LogP contribution in [0.4, 0.5) is 13.2 Å². The third kappa shape index (κ3) is 14.3. The predicted octanol–water partition coefficient (Wildman–Crippen LogP) is 3.32. The number of hydrogen-bond donors (Lipinski definition) is 0. The maximum atomic E-state index is 12.6. The van der Waals surface area contributed by atoms with E-state index >= 15 is 0 Å². The van der Waals surface area contributed by atoms with Gasteiger partial charge in [-0.15, -0.1) is 0 Å². The number of esters is 2. The topological polar surface area (TPSA) is 55.8 Å². The maximum absolute atomic E-state index is 12.6. The first kappa shape index (κ1) is 22.7. The van der Waals surface area contributed by atoms with Gasteiger partial charge >= 0.3 is 18.1 Å². The Morgan fingerprint density at radius 3 is 1.54 bits per heavy atom. The predicted molar refractivity (Wildman–Crippen MR) is 83.5 cm³/mol. The molecule has 0 aliphatic carbocycles. The Morgan fingerprint density at radius 1 is 0.792 bits per heavy atom. The molecule has 0 aliphatic rings. The van der Waals surface area contributed by atoms with Crippen LogP contribution in [0.5, 0.6) is 0 Å². The fraction of sp³-hybridized carbons (Fsp3) is 0.875. The molecule has 0 fully saturated rings. The van der Waals surface area contributed by atoms with Gasteiger partial charge in [0.15, 0.2) is 0 Å². The smallest absolute Gasteiger partial charge is 0.401 e. The second kappa shape index (κ2) is 13.0. The van der Waals surface area contributed by atoms with Crippen LogP contribution >= 0.6 is 0 Å². The quantitative estimate of drug-likeness (QED) is 0.375. The summed E-state index contributed by atoms with van der Waals surface area (Å²) in [4.78, 5) is 23.3. The molecule has 0 aromatic carbocycles. The Hall–Kier alpha value is -1.31. The van der Waals surface area contributed by atoms with Crippen LogP contribution in [0.1, 0.15) is 51.4 Å². The Labute approximate surface area is 141 Å². The minimum Gasteiger partial charge on any atom is -0.469 e. The van der Waals surface area contributed by atoms with E-state index in [1.807, 2.05) is 0 Å². The summed E-state index contributed by atoms with van der Waals surface area (Å²) in [6, 6.07) is 0. The molecule has 0 saturated carbocycles. The van der Waals surface area contributed by atoms with E-state index in [1.165, 1.54) is 19.1 Å². The van der Waals surface area contributed by atoms with Crippen molar-refractivity contribution < 1.29 is 32.2 Å². The molecule has 5 nitrogen and oxygen atoms in total. The van der Waals surface area contributed by atoms with E-state index in [2.05, 4.69) is 9.47 Å². The summed E-state index contributed by atoms with van der Waals surface area (Å²) in [5, 5.41) is 0. The molecule has 0 aromatic rings. The van der Waals surface area contributed by atoms with Gasteiger partial charge in [0.1, 0.15) is 0 Å². The van der Waals surface area contributed by atoms with Crippen molar-refractivity contribution in [3.05, 3.63) is 0 Å². The number of halogens is 3. The molecule has 0 amide bonds. The largest absolute Gasteiger partial charge is 0.469 e. The van der Waals surface area contributed by atoms with Crippen molar-refractivity contribution in [1.82, 2.24) is 4.90 Å². The summed E-state index contributed by atoms with van der Waals surface area (Å²) < 4.78 is 46.8.